The lowest BCUT2D eigenvalue weighted by molar-refractivity contribution is 0.331. The Morgan fingerprint density at radius 3 is 2.60 bits per heavy atom. The molecule has 0 radical (unpaired) electrons. The third-order valence-corrected chi connectivity index (χ3v) is 3.80. The summed E-state index contributed by atoms with van der Waals surface area (Å²) in [6, 6.07) is 8.76. The van der Waals surface area contributed by atoms with E-state index < -0.39 is 0 Å². The van der Waals surface area contributed by atoms with Crippen LogP contribution in [0.15, 0.2) is 30.5 Å². The summed E-state index contributed by atoms with van der Waals surface area (Å²) in [5, 5.41) is 3.41. The number of nitrogens with zero attached hydrogens (tertiary/aromatic N) is 2. The van der Waals surface area contributed by atoms with E-state index in [9.17, 15) is 0 Å². The topological polar surface area (TPSA) is 44.0 Å². The SMILES string of the molecule is Cc1ncc(CNc2ccc(CN3CCCC3)cc2)[nH]1. The Kier molecular flexibility index (Phi) is 4.02. The van der Waals surface area contributed by atoms with E-state index in [4.69, 9.17) is 0 Å². The van der Waals surface area contributed by atoms with Gasteiger partial charge in [0.25, 0.3) is 0 Å². The number of benzene rings is 1. The molecular formula is C16H22N4. The quantitative estimate of drug-likeness (QED) is 0.878. The van der Waals surface area contributed by atoms with Crippen LogP contribution in [-0.4, -0.2) is 28.0 Å². The molecule has 2 N–H and O–H groups in total. The third kappa shape index (κ3) is 3.39. The molecule has 1 saturated heterocycles. The van der Waals surface area contributed by atoms with Crippen molar-refractivity contribution in [2.24, 2.45) is 0 Å². The van der Waals surface area contributed by atoms with Crippen molar-refractivity contribution >= 4 is 5.69 Å². The first kappa shape index (κ1) is 13.2. The average Bonchev–Trinajstić information content (AvgIpc) is 3.10. The summed E-state index contributed by atoms with van der Waals surface area (Å²) in [6.45, 7) is 6.33. The van der Waals surface area contributed by atoms with E-state index in [-0.39, 0.29) is 0 Å². The van der Waals surface area contributed by atoms with Crippen molar-refractivity contribution in [3.8, 4) is 0 Å². The lowest BCUT2D eigenvalue weighted by Crippen LogP contribution is -2.18. The molecular weight excluding hydrogens is 248 g/mol. The second-order valence-electron chi connectivity index (χ2n) is 5.53. The standard InChI is InChI=1S/C16H22N4/c1-13-17-10-16(19-13)11-18-15-6-4-14(5-7-15)12-20-8-2-3-9-20/h4-7,10,18H,2-3,8-9,11-12H2,1H3,(H,17,19). The fraction of sp³-hybridized carbons (Fsp3) is 0.438. The summed E-state index contributed by atoms with van der Waals surface area (Å²) >= 11 is 0. The number of nitrogens with one attached hydrogen (secondary N) is 2. The maximum Gasteiger partial charge on any atom is 0.103 e. The third-order valence-electron chi connectivity index (χ3n) is 3.80. The Bertz CT molecular complexity index is 538. The minimum atomic E-state index is 0.784. The first-order valence-electron chi connectivity index (χ1n) is 7.35. The highest BCUT2D eigenvalue weighted by atomic mass is 15.1. The second-order valence-corrected chi connectivity index (χ2v) is 5.53. The zero-order valence-electron chi connectivity index (χ0n) is 12.0. The molecule has 3 rings (SSSR count). The molecule has 1 aliphatic heterocycles. The van der Waals surface area contributed by atoms with Gasteiger partial charge in [0.2, 0.25) is 0 Å². The molecule has 1 aromatic carbocycles. The van der Waals surface area contributed by atoms with E-state index in [1.54, 1.807) is 0 Å². The maximum atomic E-state index is 4.20. The van der Waals surface area contributed by atoms with Gasteiger partial charge in [-0.25, -0.2) is 4.98 Å². The molecule has 20 heavy (non-hydrogen) atoms. The van der Waals surface area contributed by atoms with Crippen molar-refractivity contribution in [1.82, 2.24) is 14.9 Å². The van der Waals surface area contributed by atoms with Gasteiger partial charge in [0, 0.05) is 12.2 Å². The summed E-state index contributed by atoms with van der Waals surface area (Å²) in [4.78, 5) is 9.95. The lowest BCUT2D eigenvalue weighted by Gasteiger charge is -2.14. The van der Waals surface area contributed by atoms with Crippen LogP contribution in [0.1, 0.15) is 29.9 Å². The summed E-state index contributed by atoms with van der Waals surface area (Å²) in [7, 11) is 0. The molecule has 0 atom stereocenters. The largest absolute Gasteiger partial charge is 0.379 e. The van der Waals surface area contributed by atoms with Gasteiger partial charge in [0.15, 0.2) is 0 Å². The number of rotatable bonds is 5. The van der Waals surface area contributed by atoms with E-state index in [0.29, 0.717) is 0 Å². The zero-order valence-corrected chi connectivity index (χ0v) is 12.0. The van der Waals surface area contributed by atoms with Crippen molar-refractivity contribution in [2.45, 2.75) is 32.9 Å². The number of imidazole rings is 1. The molecule has 0 unspecified atom stereocenters. The van der Waals surface area contributed by atoms with Crippen molar-refractivity contribution in [3.05, 3.63) is 47.5 Å². The fourth-order valence-electron chi connectivity index (χ4n) is 2.69. The van der Waals surface area contributed by atoms with Gasteiger partial charge in [-0.15, -0.1) is 0 Å². The number of anilines is 1. The summed E-state index contributed by atoms with van der Waals surface area (Å²) in [6.07, 6.45) is 4.58. The molecule has 0 spiro atoms. The van der Waals surface area contributed by atoms with Gasteiger partial charge in [0.1, 0.15) is 5.82 Å². The highest BCUT2D eigenvalue weighted by molar-refractivity contribution is 5.44. The van der Waals surface area contributed by atoms with E-state index in [1.807, 2.05) is 13.1 Å². The number of hydrogen-bond donors (Lipinski definition) is 2. The molecule has 4 nitrogen and oxygen atoms in total. The van der Waals surface area contributed by atoms with Crippen LogP contribution in [0.4, 0.5) is 5.69 Å². The minimum absolute atomic E-state index is 0.784. The molecule has 0 aliphatic carbocycles. The summed E-state index contributed by atoms with van der Waals surface area (Å²) in [5.41, 5.74) is 3.67. The predicted octanol–water partition coefficient (Wildman–Crippen LogP) is 2.93. The van der Waals surface area contributed by atoms with Crippen LogP contribution in [0.2, 0.25) is 0 Å². The van der Waals surface area contributed by atoms with Crippen molar-refractivity contribution in [2.75, 3.05) is 18.4 Å². The normalized spacial score (nSPS) is 15.7. The molecule has 0 bridgehead atoms. The number of H-pyrrole nitrogens is 1. The molecule has 1 aliphatic rings. The molecule has 106 valence electrons. The van der Waals surface area contributed by atoms with Crippen LogP contribution in [0.5, 0.6) is 0 Å². The van der Waals surface area contributed by atoms with E-state index >= 15 is 0 Å². The van der Waals surface area contributed by atoms with Gasteiger partial charge in [-0.05, 0) is 50.6 Å². The number of hydrogen-bond acceptors (Lipinski definition) is 3. The van der Waals surface area contributed by atoms with E-state index in [2.05, 4.69) is 44.5 Å². The van der Waals surface area contributed by atoms with Crippen LogP contribution in [0.25, 0.3) is 0 Å². The average molecular weight is 270 g/mol. The second kappa shape index (κ2) is 6.09. The Labute approximate surface area is 120 Å². The molecule has 1 fully saturated rings. The van der Waals surface area contributed by atoms with Crippen LogP contribution in [0, 0.1) is 6.92 Å². The maximum absolute atomic E-state index is 4.20. The van der Waals surface area contributed by atoms with Gasteiger partial charge in [0.05, 0.1) is 18.4 Å². The van der Waals surface area contributed by atoms with Crippen molar-refractivity contribution in [3.63, 3.8) is 0 Å². The first-order chi connectivity index (χ1) is 9.79. The van der Waals surface area contributed by atoms with Gasteiger partial charge < -0.3 is 10.3 Å². The number of aryl methyl sites for hydroxylation is 1. The number of aromatic amines is 1. The number of aromatic nitrogens is 2. The van der Waals surface area contributed by atoms with E-state index in [0.717, 1.165) is 30.3 Å². The van der Waals surface area contributed by atoms with E-state index in [1.165, 1.54) is 31.5 Å². The van der Waals surface area contributed by atoms with Crippen LogP contribution >= 0.6 is 0 Å². The fourth-order valence-corrected chi connectivity index (χ4v) is 2.69. The molecule has 1 aromatic heterocycles. The zero-order chi connectivity index (χ0) is 13.8. The first-order valence-corrected chi connectivity index (χ1v) is 7.35. The van der Waals surface area contributed by atoms with Gasteiger partial charge in [-0.3, -0.25) is 4.90 Å². The van der Waals surface area contributed by atoms with Crippen LogP contribution in [0.3, 0.4) is 0 Å². The monoisotopic (exact) mass is 270 g/mol. The van der Waals surface area contributed by atoms with Crippen LogP contribution in [-0.2, 0) is 13.1 Å². The molecule has 2 heterocycles. The Morgan fingerprint density at radius 2 is 1.95 bits per heavy atom. The molecule has 4 heteroatoms. The van der Waals surface area contributed by atoms with Crippen LogP contribution < -0.4 is 5.32 Å². The smallest absolute Gasteiger partial charge is 0.103 e. The molecule has 0 saturated carbocycles. The highest BCUT2D eigenvalue weighted by Gasteiger charge is 2.11. The lowest BCUT2D eigenvalue weighted by atomic mass is 10.2. The van der Waals surface area contributed by atoms with Gasteiger partial charge in [-0.2, -0.15) is 0 Å². The van der Waals surface area contributed by atoms with Crippen molar-refractivity contribution < 1.29 is 0 Å². The van der Waals surface area contributed by atoms with Gasteiger partial charge in [-0.1, -0.05) is 12.1 Å². The highest BCUT2D eigenvalue weighted by Crippen LogP contribution is 2.15. The predicted molar refractivity (Wildman–Crippen MR) is 81.6 cm³/mol. The van der Waals surface area contributed by atoms with Crippen molar-refractivity contribution in [1.29, 1.82) is 0 Å². The summed E-state index contributed by atoms with van der Waals surface area (Å²) in [5.74, 6) is 0.961. The number of likely N-dealkylation sites (tertiary alicyclic amines) is 1. The van der Waals surface area contributed by atoms with Gasteiger partial charge >= 0.3 is 0 Å². The Hall–Kier alpha value is -1.81. The Balaban J connectivity index is 1.52. The molecule has 0 amide bonds. The summed E-state index contributed by atoms with van der Waals surface area (Å²) < 4.78 is 0. The Morgan fingerprint density at radius 1 is 1.20 bits per heavy atom. The minimum Gasteiger partial charge on any atom is -0.379 e. The molecule has 2 aromatic rings.